The SMILES string of the molecule is O=C(CCCOc1ccc(Cl)cc1)NCCSCc1ccccc1Cl. The van der Waals surface area contributed by atoms with Gasteiger partial charge in [0.05, 0.1) is 6.61 Å². The van der Waals surface area contributed by atoms with Crippen LogP contribution in [0.3, 0.4) is 0 Å². The highest BCUT2D eigenvalue weighted by Gasteiger charge is 2.02. The smallest absolute Gasteiger partial charge is 0.220 e. The molecule has 6 heteroatoms. The molecular formula is C19H21Cl2NO2S. The Morgan fingerprint density at radius 2 is 1.84 bits per heavy atom. The first kappa shape index (κ1) is 20.0. The van der Waals surface area contributed by atoms with E-state index in [1.165, 1.54) is 0 Å². The Labute approximate surface area is 163 Å². The first-order valence-corrected chi connectivity index (χ1v) is 10.0. The summed E-state index contributed by atoms with van der Waals surface area (Å²) in [5.74, 6) is 2.53. The van der Waals surface area contributed by atoms with E-state index in [2.05, 4.69) is 5.32 Å². The minimum Gasteiger partial charge on any atom is -0.494 e. The normalized spacial score (nSPS) is 10.5. The molecule has 2 rings (SSSR count). The van der Waals surface area contributed by atoms with Crippen LogP contribution in [0.1, 0.15) is 18.4 Å². The monoisotopic (exact) mass is 397 g/mol. The second-order valence-electron chi connectivity index (χ2n) is 5.40. The van der Waals surface area contributed by atoms with Crippen molar-refractivity contribution >= 4 is 40.9 Å². The summed E-state index contributed by atoms with van der Waals surface area (Å²) in [4.78, 5) is 11.8. The molecule has 2 aromatic carbocycles. The third-order valence-electron chi connectivity index (χ3n) is 3.41. The maximum Gasteiger partial charge on any atom is 0.220 e. The number of nitrogens with one attached hydrogen (secondary N) is 1. The molecule has 0 saturated heterocycles. The quantitative estimate of drug-likeness (QED) is 0.559. The number of benzene rings is 2. The highest BCUT2D eigenvalue weighted by molar-refractivity contribution is 7.98. The van der Waals surface area contributed by atoms with Crippen LogP contribution in [0.4, 0.5) is 0 Å². The second kappa shape index (κ2) is 11.3. The first-order chi connectivity index (χ1) is 12.1. The minimum atomic E-state index is 0.0537. The van der Waals surface area contributed by atoms with Gasteiger partial charge >= 0.3 is 0 Å². The van der Waals surface area contributed by atoms with Gasteiger partial charge in [-0.05, 0) is 42.3 Å². The van der Waals surface area contributed by atoms with Crippen molar-refractivity contribution in [3.05, 3.63) is 64.1 Å². The lowest BCUT2D eigenvalue weighted by Crippen LogP contribution is -2.25. The molecule has 0 spiro atoms. The van der Waals surface area contributed by atoms with E-state index in [1.54, 1.807) is 23.9 Å². The molecule has 0 aliphatic heterocycles. The summed E-state index contributed by atoms with van der Waals surface area (Å²) in [5, 5.41) is 4.40. The summed E-state index contributed by atoms with van der Waals surface area (Å²) in [6, 6.07) is 15.0. The van der Waals surface area contributed by atoms with E-state index in [0.29, 0.717) is 31.0 Å². The molecule has 0 atom stereocenters. The van der Waals surface area contributed by atoms with E-state index in [-0.39, 0.29) is 5.91 Å². The Hall–Kier alpha value is -1.36. The van der Waals surface area contributed by atoms with Gasteiger partial charge in [0.15, 0.2) is 0 Å². The van der Waals surface area contributed by atoms with Crippen molar-refractivity contribution in [2.75, 3.05) is 18.9 Å². The Morgan fingerprint density at radius 3 is 2.60 bits per heavy atom. The standard InChI is InChI=1S/C19H21Cl2NO2S/c20-16-7-9-17(10-8-16)24-12-3-6-19(23)22-11-13-25-14-15-4-1-2-5-18(15)21/h1-2,4-5,7-10H,3,6,11-14H2,(H,22,23). The molecular weight excluding hydrogens is 377 g/mol. The van der Waals surface area contributed by atoms with E-state index in [4.69, 9.17) is 27.9 Å². The molecule has 1 amide bonds. The van der Waals surface area contributed by atoms with Crippen LogP contribution >= 0.6 is 35.0 Å². The van der Waals surface area contributed by atoms with Crippen molar-refractivity contribution in [1.82, 2.24) is 5.32 Å². The van der Waals surface area contributed by atoms with Gasteiger partial charge in [0, 0.05) is 34.5 Å². The maximum atomic E-state index is 11.8. The summed E-state index contributed by atoms with van der Waals surface area (Å²) in [6.45, 7) is 1.17. The number of rotatable bonds is 10. The zero-order valence-corrected chi connectivity index (χ0v) is 16.2. The summed E-state index contributed by atoms with van der Waals surface area (Å²) in [5.41, 5.74) is 1.12. The van der Waals surface area contributed by atoms with Gasteiger partial charge in [-0.2, -0.15) is 11.8 Å². The summed E-state index contributed by atoms with van der Waals surface area (Å²) >= 11 is 13.7. The fourth-order valence-corrected chi connectivity index (χ4v) is 3.37. The molecule has 2 aromatic rings. The highest BCUT2D eigenvalue weighted by atomic mass is 35.5. The fourth-order valence-electron chi connectivity index (χ4n) is 2.10. The summed E-state index contributed by atoms with van der Waals surface area (Å²) in [7, 11) is 0. The van der Waals surface area contributed by atoms with Gasteiger partial charge in [0.1, 0.15) is 5.75 Å². The summed E-state index contributed by atoms with van der Waals surface area (Å²) in [6.07, 6.45) is 1.14. The van der Waals surface area contributed by atoms with Crippen LogP contribution in [0, 0.1) is 0 Å². The molecule has 0 heterocycles. The van der Waals surface area contributed by atoms with Crippen LogP contribution in [0.15, 0.2) is 48.5 Å². The third-order valence-corrected chi connectivity index (χ3v) is 5.04. The van der Waals surface area contributed by atoms with Crippen LogP contribution in [-0.4, -0.2) is 24.8 Å². The van der Waals surface area contributed by atoms with Crippen molar-refractivity contribution in [2.24, 2.45) is 0 Å². The molecule has 134 valence electrons. The average Bonchev–Trinajstić information content (AvgIpc) is 2.61. The molecule has 0 aliphatic carbocycles. The van der Waals surface area contributed by atoms with E-state index < -0.39 is 0 Å². The second-order valence-corrected chi connectivity index (χ2v) is 7.35. The molecule has 0 bridgehead atoms. The Morgan fingerprint density at radius 1 is 1.08 bits per heavy atom. The number of amides is 1. The Balaban J connectivity index is 1.49. The topological polar surface area (TPSA) is 38.3 Å². The molecule has 0 aromatic heterocycles. The van der Waals surface area contributed by atoms with E-state index in [1.807, 2.05) is 36.4 Å². The molecule has 0 fully saturated rings. The van der Waals surface area contributed by atoms with Gasteiger partial charge in [-0.25, -0.2) is 0 Å². The van der Waals surface area contributed by atoms with Gasteiger partial charge in [-0.1, -0.05) is 41.4 Å². The average molecular weight is 398 g/mol. The van der Waals surface area contributed by atoms with Gasteiger partial charge < -0.3 is 10.1 Å². The lowest BCUT2D eigenvalue weighted by molar-refractivity contribution is -0.121. The number of hydrogen-bond donors (Lipinski definition) is 1. The third kappa shape index (κ3) is 8.04. The van der Waals surface area contributed by atoms with Crippen LogP contribution in [0.2, 0.25) is 10.0 Å². The Bertz CT molecular complexity index is 665. The molecule has 0 radical (unpaired) electrons. The van der Waals surface area contributed by atoms with Crippen molar-refractivity contribution < 1.29 is 9.53 Å². The Kier molecular flexibility index (Phi) is 9.02. The highest BCUT2D eigenvalue weighted by Crippen LogP contribution is 2.20. The molecule has 0 saturated carbocycles. The number of hydrogen-bond acceptors (Lipinski definition) is 3. The van der Waals surface area contributed by atoms with E-state index in [9.17, 15) is 4.79 Å². The summed E-state index contributed by atoms with van der Waals surface area (Å²) < 4.78 is 5.56. The van der Waals surface area contributed by atoms with Crippen LogP contribution in [-0.2, 0) is 10.5 Å². The van der Waals surface area contributed by atoms with Crippen LogP contribution in [0.25, 0.3) is 0 Å². The van der Waals surface area contributed by atoms with Gasteiger partial charge in [-0.3, -0.25) is 4.79 Å². The molecule has 1 N–H and O–H groups in total. The number of ether oxygens (including phenoxy) is 1. The number of thioether (sulfide) groups is 1. The lowest BCUT2D eigenvalue weighted by Gasteiger charge is -2.07. The number of carbonyl (C=O) groups excluding carboxylic acids is 1. The van der Waals surface area contributed by atoms with Crippen molar-refractivity contribution in [1.29, 1.82) is 0 Å². The van der Waals surface area contributed by atoms with Gasteiger partial charge in [-0.15, -0.1) is 0 Å². The molecule has 0 unspecified atom stereocenters. The van der Waals surface area contributed by atoms with Crippen LogP contribution < -0.4 is 10.1 Å². The van der Waals surface area contributed by atoms with E-state index in [0.717, 1.165) is 27.8 Å². The number of halogens is 2. The van der Waals surface area contributed by atoms with Crippen molar-refractivity contribution in [3.8, 4) is 5.75 Å². The van der Waals surface area contributed by atoms with E-state index >= 15 is 0 Å². The van der Waals surface area contributed by atoms with Gasteiger partial charge in [0.25, 0.3) is 0 Å². The lowest BCUT2D eigenvalue weighted by atomic mass is 10.2. The zero-order chi connectivity index (χ0) is 17.9. The minimum absolute atomic E-state index is 0.0537. The largest absolute Gasteiger partial charge is 0.494 e. The first-order valence-electron chi connectivity index (χ1n) is 8.11. The molecule has 3 nitrogen and oxygen atoms in total. The molecule has 25 heavy (non-hydrogen) atoms. The van der Waals surface area contributed by atoms with Gasteiger partial charge in [0.2, 0.25) is 5.91 Å². The number of carbonyl (C=O) groups is 1. The predicted molar refractivity (Wildman–Crippen MR) is 107 cm³/mol. The van der Waals surface area contributed by atoms with Crippen molar-refractivity contribution in [2.45, 2.75) is 18.6 Å². The maximum absolute atomic E-state index is 11.8. The molecule has 0 aliphatic rings. The predicted octanol–water partition coefficient (Wildman–Crippen LogP) is 5.20. The van der Waals surface area contributed by atoms with Crippen molar-refractivity contribution in [3.63, 3.8) is 0 Å². The fraction of sp³-hybridized carbons (Fsp3) is 0.316. The zero-order valence-electron chi connectivity index (χ0n) is 13.8. The van der Waals surface area contributed by atoms with Crippen LogP contribution in [0.5, 0.6) is 5.75 Å².